The molecule has 0 aromatic heterocycles. The Labute approximate surface area is 127 Å². The Bertz CT molecular complexity index is 489. The fourth-order valence-electron chi connectivity index (χ4n) is 2.02. The Morgan fingerprint density at radius 3 is 3.05 bits per heavy atom. The summed E-state index contributed by atoms with van der Waals surface area (Å²) in [5, 5.41) is 0. The van der Waals surface area contributed by atoms with Crippen LogP contribution in [0.3, 0.4) is 0 Å². The van der Waals surface area contributed by atoms with Gasteiger partial charge < -0.3 is 10.2 Å². The Morgan fingerprint density at radius 1 is 1.30 bits per heavy atom. The second kappa shape index (κ2) is 7.94. The smallest absolute Gasteiger partial charge is 0.276 e. The maximum atomic E-state index is 11.7. The number of hydrazine groups is 1. The molecular weight excluding hydrogens is 320 g/mol. The molecule has 1 aromatic rings. The van der Waals surface area contributed by atoms with Crippen molar-refractivity contribution in [2.75, 3.05) is 6.61 Å². The molecule has 0 unspecified atom stereocenters. The summed E-state index contributed by atoms with van der Waals surface area (Å²) in [5.74, 6) is 0.485. The van der Waals surface area contributed by atoms with Gasteiger partial charge in [0.2, 0.25) is 0 Å². The molecule has 0 spiro atoms. The SMILES string of the molecule is O=C(COc1cccc(Br)c1)NNC1=CCCCCC1. The lowest BCUT2D eigenvalue weighted by Crippen LogP contribution is -2.39. The number of allylic oxidation sites excluding steroid dienone is 2. The number of carbonyl (C=O) groups excluding carboxylic acids is 1. The van der Waals surface area contributed by atoms with E-state index in [2.05, 4.69) is 32.9 Å². The van der Waals surface area contributed by atoms with Gasteiger partial charge in [0.05, 0.1) is 0 Å². The monoisotopic (exact) mass is 338 g/mol. The molecule has 0 aliphatic heterocycles. The molecule has 0 saturated heterocycles. The third-order valence-electron chi connectivity index (χ3n) is 3.07. The average Bonchev–Trinajstić information content (AvgIpc) is 2.71. The highest BCUT2D eigenvalue weighted by Crippen LogP contribution is 2.17. The minimum Gasteiger partial charge on any atom is -0.484 e. The quantitative estimate of drug-likeness (QED) is 0.810. The van der Waals surface area contributed by atoms with E-state index in [1.165, 1.54) is 19.3 Å². The van der Waals surface area contributed by atoms with Crippen LogP contribution in [0.25, 0.3) is 0 Å². The van der Waals surface area contributed by atoms with Crippen LogP contribution in [0.2, 0.25) is 0 Å². The molecule has 1 amide bonds. The first-order valence-electron chi connectivity index (χ1n) is 6.86. The Balaban J connectivity index is 1.71. The first-order chi connectivity index (χ1) is 9.74. The molecule has 1 aromatic carbocycles. The molecule has 0 saturated carbocycles. The molecule has 1 aliphatic rings. The van der Waals surface area contributed by atoms with Gasteiger partial charge in [-0.1, -0.05) is 34.5 Å². The van der Waals surface area contributed by atoms with Crippen LogP contribution in [-0.4, -0.2) is 12.5 Å². The number of benzene rings is 1. The Kier molecular flexibility index (Phi) is 5.92. The average molecular weight is 339 g/mol. The molecule has 108 valence electrons. The van der Waals surface area contributed by atoms with E-state index in [9.17, 15) is 4.79 Å². The van der Waals surface area contributed by atoms with Crippen LogP contribution in [-0.2, 0) is 4.79 Å². The van der Waals surface area contributed by atoms with Crippen molar-refractivity contribution in [2.24, 2.45) is 0 Å². The lowest BCUT2D eigenvalue weighted by molar-refractivity contribution is -0.123. The van der Waals surface area contributed by atoms with Gasteiger partial charge in [0, 0.05) is 10.2 Å². The van der Waals surface area contributed by atoms with Crippen LogP contribution in [0.4, 0.5) is 0 Å². The summed E-state index contributed by atoms with van der Waals surface area (Å²) in [6, 6.07) is 7.42. The minimum atomic E-state index is -0.185. The Morgan fingerprint density at radius 2 is 2.20 bits per heavy atom. The molecule has 2 rings (SSSR count). The van der Waals surface area contributed by atoms with E-state index >= 15 is 0 Å². The van der Waals surface area contributed by atoms with Crippen molar-refractivity contribution in [2.45, 2.75) is 32.1 Å². The summed E-state index contributed by atoms with van der Waals surface area (Å²) in [7, 11) is 0. The molecule has 0 atom stereocenters. The molecule has 0 fully saturated rings. The normalized spacial score (nSPS) is 14.9. The number of halogens is 1. The maximum Gasteiger partial charge on any atom is 0.276 e. The van der Waals surface area contributed by atoms with Crippen LogP contribution in [0.15, 0.2) is 40.5 Å². The fraction of sp³-hybridized carbons (Fsp3) is 0.400. The van der Waals surface area contributed by atoms with E-state index < -0.39 is 0 Å². The highest BCUT2D eigenvalue weighted by atomic mass is 79.9. The van der Waals surface area contributed by atoms with Crippen molar-refractivity contribution >= 4 is 21.8 Å². The van der Waals surface area contributed by atoms with E-state index in [4.69, 9.17) is 4.74 Å². The van der Waals surface area contributed by atoms with Gasteiger partial charge in [-0.25, -0.2) is 0 Å². The Hall–Kier alpha value is -1.49. The summed E-state index contributed by atoms with van der Waals surface area (Å²) in [5.41, 5.74) is 6.75. The second-order valence-electron chi connectivity index (χ2n) is 4.75. The number of nitrogens with one attached hydrogen (secondary N) is 2. The zero-order valence-corrected chi connectivity index (χ0v) is 12.9. The highest BCUT2D eigenvalue weighted by molar-refractivity contribution is 9.10. The predicted octanol–water partition coefficient (Wildman–Crippen LogP) is 3.30. The lowest BCUT2D eigenvalue weighted by atomic mass is 10.2. The molecule has 1 aliphatic carbocycles. The first kappa shape index (κ1) is 14.9. The second-order valence-corrected chi connectivity index (χ2v) is 5.66. The minimum absolute atomic E-state index is 0.00324. The van der Waals surface area contributed by atoms with E-state index in [0.29, 0.717) is 5.75 Å². The summed E-state index contributed by atoms with van der Waals surface area (Å²) in [6.45, 7) is -0.00324. The third-order valence-corrected chi connectivity index (χ3v) is 3.56. The molecule has 4 nitrogen and oxygen atoms in total. The van der Waals surface area contributed by atoms with Crippen LogP contribution in [0, 0.1) is 0 Å². The lowest BCUT2D eigenvalue weighted by Gasteiger charge is -2.12. The molecule has 5 heteroatoms. The molecule has 20 heavy (non-hydrogen) atoms. The number of ether oxygens (including phenoxy) is 1. The van der Waals surface area contributed by atoms with Crippen molar-refractivity contribution in [1.29, 1.82) is 0 Å². The van der Waals surface area contributed by atoms with Crippen molar-refractivity contribution in [3.8, 4) is 5.75 Å². The van der Waals surface area contributed by atoms with Gasteiger partial charge in [-0.2, -0.15) is 0 Å². The largest absolute Gasteiger partial charge is 0.484 e. The number of hydrogen-bond acceptors (Lipinski definition) is 3. The summed E-state index contributed by atoms with van der Waals surface area (Å²) in [4.78, 5) is 11.7. The third kappa shape index (κ3) is 5.25. The van der Waals surface area contributed by atoms with Crippen molar-refractivity contribution in [3.05, 3.63) is 40.5 Å². The van der Waals surface area contributed by atoms with Gasteiger partial charge in [-0.15, -0.1) is 0 Å². The van der Waals surface area contributed by atoms with E-state index in [0.717, 1.165) is 23.0 Å². The summed E-state index contributed by atoms with van der Waals surface area (Å²) < 4.78 is 6.34. The number of carbonyl (C=O) groups is 1. The van der Waals surface area contributed by atoms with Gasteiger partial charge in [-0.3, -0.25) is 10.2 Å². The van der Waals surface area contributed by atoms with Crippen LogP contribution in [0.5, 0.6) is 5.75 Å². The summed E-state index contributed by atoms with van der Waals surface area (Å²) >= 11 is 3.36. The number of rotatable bonds is 5. The van der Waals surface area contributed by atoms with Gasteiger partial charge in [0.15, 0.2) is 6.61 Å². The number of hydrogen-bond donors (Lipinski definition) is 2. The van der Waals surface area contributed by atoms with E-state index in [1.54, 1.807) is 0 Å². The number of amides is 1. The predicted molar refractivity (Wildman–Crippen MR) is 82.1 cm³/mol. The molecule has 2 N–H and O–H groups in total. The van der Waals surface area contributed by atoms with Crippen molar-refractivity contribution < 1.29 is 9.53 Å². The molecule has 0 bridgehead atoms. The summed E-state index contributed by atoms with van der Waals surface area (Å²) in [6.07, 6.45) is 7.87. The van der Waals surface area contributed by atoms with Crippen molar-refractivity contribution in [1.82, 2.24) is 10.9 Å². The fourth-order valence-corrected chi connectivity index (χ4v) is 2.40. The first-order valence-corrected chi connectivity index (χ1v) is 7.65. The zero-order chi connectivity index (χ0) is 14.2. The van der Waals surface area contributed by atoms with E-state index in [-0.39, 0.29) is 12.5 Å². The van der Waals surface area contributed by atoms with Crippen LogP contribution in [0.1, 0.15) is 32.1 Å². The maximum absolute atomic E-state index is 11.7. The topological polar surface area (TPSA) is 50.4 Å². The molecule has 0 radical (unpaired) electrons. The van der Waals surface area contributed by atoms with Gasteiger partial charge in [0.25, 0.3) is 5.91 Å². The van der Waals surface area contributed by atoms with Gasteiger partial charge >= 0.3 is 0 Å². The standard InChI is InChI=1S/C15H19BrN2O2/c16-12-6-5-9-14(10-12)20-11-15(19)18-17-13-7-3-1-2-4-8-13/h5-7,9-10,17H,1-4,8,11H2,(H,18,19). The van der Waals surface area contributed by atoms with E-state index in [1.807, 2.05) is 24.3 Å². The van der Waals surface area contributed by atoms with Gasteiger partial charge in [0.1, 0.15) is 5.75 Å². The zero-order valence-electron chi connectivity index (χ0n) is 11.3. The van der Waals surface area contributed by atoms with Crippen molar-refractivity contribution in [3.63, 3.8) is 0 Å². The molecular formula is C15H19BrN2O2. The van der Waals surface area contributed by atoms with Crippen LogP contribution < -0.4 is 15.6 Å². The highest BCUT2D eigenvalue weighted by Gasteiger charge is 2.05. The molecule has 0 heterocycles. The van der Waals surface area contributed by atoms with Gasteiger partial charge in [-0.05, 0) is 43.9 Å². The van der Waals surface area contributed by atoms with Crippen LogP contribution >= 0.6 is 15.9 Å².